The lowest BCUT2D eigenvalue weighted by molar-refractivity contribution is -0.237. The van der Waals surface area contributed by atoms with Crippen LogP contribution in [0.3, 0.4) is 0 Å². The van der Waals surface area contributed by atoms with Crippen molar-refractivity contribution in [3.05, 3.63) is 141 Å². The van der Waals surface area contributed by atoms with Gasteiger partial charge in [-0.05, 0) is 16.7 Å². The number of nitrogens with zero attached hydrogens (tertiary/aromatic N) is 1. The highest BCUT2D eigenvalue weighted by Crippen LogP contribution is 2.32. The van der Waals surface area contributed by atoms with Crippen molar-refractivity contribution in [1.82, 2.24) is 9.55 Å². The molecule has 8 nitrogen and oxygen atoms in total. The molecule has 1 aromatic heterocycles. The number of aromatic amines is 1. The fourth-order valence-corrected chi connectivity index (χ4v) is 4.66. The number of rotatable bonds is 11. The minimum atomic E-state index is -0.669. The van der Waals surface area contributed by atoms with Gasteiger partial charge in [-0.15, -0.1) is 0 Å². The van der Waals surface area contributed by atoms with Crippen LogP contribution in [0.4, 0.5) is 0 Å². The molecule has 39 heavy (non-hydrogen) atoms. The Kier molecular flexibility index (Phi) is 9.13. The summed E-state index contributed by atoms with van der Waals surface area (Å²) >= 11 is 0. The van der Waals surface area contributed by atoms with Crippen LogP contribution < -0.4 is 11.2 Å². The van der Waals surface area contributed by atoms with Gasteiger partial charge in [-0.1, -0.05) is 91.0 Å². The third kappa shape index (κ3) is 7.40. The SMILES string of the molecule is O=c1ccn([C@H]2C[C@@H](OCc3ccccc3)[C@H](OCc3ccccc3)[C@@H](COCc3ccccc3)O2)c(=O)[nH]1. The third-order valence-electron chi connectivity index (χ3n) is 6.65. The molecule has 0 saturated carbocycles. The van der Waals surface area contributed by atoms with Crippen LogP contribution in [0.25, 0.3) is 0 Å². The maximum atomic E-state index is 12.6. The van der Waals surface area contributed by atoms with Gasteiger partial charge in [0.1, 0.15) is 18.4 Å². The number of ether oxygens (including phenoxy) is 4. The zero-order valence-electron chi connectivity index (χ0n) is 21.6. The van der Waals surface area contributed by atoms with Crippen LogP contribution in [0, 0.1) is 0 Å². The first-order valence-corrected chi connectivity index (χ1v) is 13.1. The van der Waals surface area contributed by atoms with E-state index in [1.807, 2.05) is 91.0 Å². The van der Waals surface area contributed by atoms with E-state index >= 15 is 0 Å². The van der Waals surface area contributed by atoms with Gasteiger partial charge in [-0.3, -0.25) is 14.3 Å². The highest BCUT2D eigenvalue weighted by Gasteiger charge is 2.41. The normalized spacial score (nSPS) is 21.0. The molecular formula is C31H32N2O6. The van der Waals surface area contributed by atoms with Crippen molar-refractivity contribution in [3.8, 4) is 0 Å². The predicted molar refractivity (Wildman–Crippen MR) is 146 cm³/mol. The van der Waals surface area contributed by atoms with Gasteiger partial charge in [0.15, 0.2) is 0 Å². The predicted octanol–water partition coefficient (Wildman–Crippen LogP) is 4.21. The average Bonchev–Trinajstić information content (AvgIpc) is 2.97. The standard InChI is InChI=1S/C31H32N2O6/c34-28-16-17-33(31(35)32-28)29-18-26(37-20-24-12-6-2-7-13-24)30(38-21-25-14-8-3-9-15-25)27(39-29)22-36-19-23-10-4-1-5-11-23/h1-17,26-27,29-30H,18-22H2,(H,32,34,35)/t26-,27-,29-,30+/m1/s1. The lowest BCUT2D eigenvalue weighted by atomic mass is 9.99. The van der Waals surface area contributed by atoms with Crippen LogP contribution in [0.2, 0.25) is 0 Å². The molecule has 4 atom stereocenters. The summed E-state index contributed by atoms with van der Waals surface area (Å²) in [6.45, 7) is 1.39. The first kappa shape index (κ1) is 26.8. The van der Waals surface area contributed by atoms with Gasteiger partial charge in [0, 0.05) is 18.7 Å². The molecule has 2 heterocycles. The van der Waals surface area contributed by atoms with Crippen molar-refractivity contribution in [1.29, 1.82) is 0 Å². The van der Waals surface area contributed by atoms with E-state index in [0.717, 1.165) is 16.7 Å². The lowest BCUT2D eigenvalue weighted by Gasteiger charge is -2.41. The summed E-state index contributed by atoms with van der Waals surface area (Å²) in [7, 11) is 0. The van der Waals surface area contributed by atoms with Crippen LogP contribution in [-0.4, -0.2) is 34.5 Å². The number of benzene rings is 3. The highest BCUT2D eigenvalue weighted by molar-refractivity contribution is 5.15. The van der Waals surface area contributed by atoms with E-state index in [1.54, 1.807) is 0 Å². The topological polar surface area (TPSA) is 91.8 Å². The Labute approximate surface area is 226 Å². The summed E-state index contributed by atoms with van der Waals surface area (Å²) < 4.78 is 26.8. The van der Waals surface area contributed by atoms with E-state index in [0.29, 0.717) is 26.2 Å². The first-order valence-electron chi connectivity index (χ1n) is 13.1. The molecule has 0 aliphatic carbocycles. The van der Waals surface area contributed by atoms with E-state index in [1.165, 1.54) is 16.8 Å². The van der Waals surface area contributed by atoms with Crippen LogP contribution >= 0.6 is 0 Å². The maximum Gasteiger partial charge on any atom is 0.330 e. The second-order valence-electron chi connectivity index (χ2n) is 9.48. The molecule has 0 bridgehead atoms. The van der Waals surface area contributed by atoms with Crippen LogP contribution in [0.5, 0.6) is 0 Å². The fraction of sp³-hybridized carbons (Fsp3) is 0.290. The van der Waals surface area contributed by atoms with E-state index in [2.05, 4.69) is 4.98 Å². The number of hydrogen-bond acceptors (Lipinski definition) is 6. The molecule has 1 fully saturated rings. The molecule has 1 N–H and O–H groups in total. The average molecular weight is 529 g/mol. The van der Waals surface area contributed by atoms with Gasteiger partial charge < -0.3 is 18.9 Å². The smallest absolute Gasteiger partial charge is 0.330 e. The van der Waals surface area contributed by atoms with E-state index in [9.17, 15) is 9.59 Å². The van der Waals surface area contributed by atoms with Crippen LogP contribution in [0.15, 0.2) is 113 Å². The molecule has 1 saturated heterocycles. The minimum absolute atomic E-state index is 0.230. The Balaban J connectivity index is 1.39. The molecule has 202 valence electrons. The number of nitrogens with one attached hydrogen (secondary N) is 1. The Hall–Kier alpha value is -3.82. The van der Waals surface area contributed by atoms with Gasteiger partial charge in [0.25, 0.3) is 5.56 Å². The molecule has 4 aromatic rings. The quantitative estimate of drug-likeness (QED) is 0.314. The minimum Gasteiger partial charge on any atom is -0.374 e. The highest BCUT2D eigenvalue weighted by atomic mass is 16.6. The Morgan fingerprint density at radius 1 is 0.744 bits per heavy atom. The van der Waals surface area contributed by atoms with Gasteiger partial charge in [0.2, 0.25) is 0 Å². The molecule has 5 rings (SSSR count). The van der Waals surface area contributed by atoms with Crippen molar-refractivity contribution in [3.63, 3.8) is 0 Å². The van der Waals surface area contributed by atoms with Crippen LogP contribution in [-0.2, 0) is 38.8 Å². The van der Waals surface area contributed by atoms with Crippen molar-refractivity contribution in [2.24, 2.45) is 0 Å². The largest absolute Gasteiger partial charge is 0.374 e. The molecule has 1 aliphatic rings. The molecule has 0 amide bonds. The monoisotopic (exact) mass is 528 g/mol. The molecule has 8 heteroatoms. The van der Waals surface area contributed by atoms with Gasteiger partial charge in [0.05, 0.1) is 32.5 Å². The summed E-state index contributed by atoms with van der Waals surface area (Å²) in [5.74, 6) is 0. The van der Waals surface area contributed by atoms with Crippen molar-refractivity contribution in [2.45, 2.75) is 50.8 Å². The molecule has 0 unspecified atom stereocenters. The number of hydrogen-bond donors (Lipinski definition) is 1. The Morgan fingerprint density at radius 2 is 1.31 bits per heavy atom. The third-order valence-corrected chi connectivity index (χ3v) is 6.65. The van der Waals surface area contributed by atoms with E-state index < -0.39 is 35.8 Å². The second-order valence-corrected chi connectivity index (χ2v) is 9.48. The summed E-state index contributed by atoms with van der Waals surface area (Å²) in [5.41, 5.74) is 2.10. The Bertz CT molecular complexity index is 1410. The molecule has 1 aliphatic heterocycles. The zero-order valence-corrected chi connectivity index (χ0v) is 21.6. The number of H-pyrrole nitrogens is 1. The number of aromatic nitrogens is 2. The summed E-state index contributed by atoms with van der Waals surface area (Å²) in [6, 6.07) is 31.0. The van der Waals surface area contributed by atoms with Crippen molar-refractivity contribution in [2.75, 3.05) is 6.61 Å². The van der Waals surface area contributed by atoms with Crippen molar-refractivity contribution >= 4 is 0 Å². The second kappa shape index (κ2) is 13.3. The van der Waals surface area contributed by atoms with Gasteiger partial charge >= 0.3 is 5.69 Å². The molecule has 0 radical (unpaired) electrons. The van der Waals surface area contributed by atoms with Crippen molar-refractivity contribution < 1.29 is 18.9 Å². The van der Waals surface area contributed by atoms with Gasteiger partial charge in [-0.25, -0.2) is 4.79 Å². The van der Waals surface area contributed by atoms with Crippen LogP contribution in [0.1, 0.15) is 29.3 Å². The lowest BCUT2D eigenvalue weighted by Crippen LogP contribution is -2.52. The summed E-state index contributed by atoms with van der Waals surface area (Å²) in [6.07, 6.45) is -0.260. The molecule has 0 spiro atoms. The molecule has 3 aromatic carbocycles. The Morgan fingerprint density at radius 3 is 1.90 bits per heavy atom. The molecular weight excluding hydrogens is 496 g/mol. The van der Waals surface area contributed by atoms with E-state index in [-0.39, 0.29) is 6.61 Å². The van der Waals surface area contributed by atoms with Gasteiger partial charge in [-0.2, -0.15) is 0 Å². The van der Waals surface area contributed by atoms with E-state index in [4.69, 9.17) is 18.9 Å². The maximum absolute atomic E-state index is 12.6. The fourth-order valence-electron chi connectivity index (χ4n) is 4.66. The zero-order chi connectivity index (χ0) is 26.9. The summed E-state index contributed by atoms with van der Waals surface area (Å²) in [5, 5.41) is 0. The first-order chi connectivity index (χ1) is 19.2. The summed E-state index contributed by atoms with van der Waals surface area (Å²) in [4.78, 5) is 26.6.